The van der Waals surface area contributed by atoms with Gasteiger partial charge in [-0.25, -0.2) is 4.39 Å². The molecule has 8 atom stereocenters. The summed E-state index contributed by atoms with van der Waals surface area (Å²) >= 11 is 0. The number of hydrogen-bond acceptors (Lipinski definition) is 7. The molecule has 2 aromatic carbocycles. The molecule has 3 aliphatic carbocycles. The number of carbonyl (C=O) groups is 1. The summed E-state index contributed by atoms with van der Waals surface area (Å²) in [6.07, 6.45) is 3.47. The molecule has 4 aliphatic rings. The van der Waals surface area contributed by atoms with Crippen LogP contribution in [0, 0.1) is 40.8 Å². The molecule has 1 heterocycles. The fraction of sp³-hybridized carbons (Fsp3) is 0.675. The number of aliphatic hydroxyl groups is 1. The van der Waals surface area contributed by atoms with Crippen molar-refractivity contribution in [3.63, 3.8) is 0 Å². The van der Waals surface area contributed by atoms with Gasteiger partial charge in [0.2, 0.25) is 5.91 Å². The van der Waals surface area contributed by atoms with Crippen LogP contribution in [0.2, 0.25) is 0 Å². The predicted octanol–water partition coefficient (Wildman–Crippen LogP) is 6.20. The topological polar surface area (TPSA) is 88.5 Å². The number of phenolic OH excluding ortho intramolecular Hbond substituents is 1. The highest BCUT2D eigenvalue weighted by Crippen LogP contribution is 2.61. The Morgan fingerprint density at radius 1 is 1.12 bits per heavy atom. The molecule has 8 nitrogen and oxygen atoms in total. The molecule has 49 heavy (non-hydrogen) atoms. The van der Waals surface area contributed by atoms with Gasteiger partial charge in [-0.2, -0.15) is 5.06 Å². The average molecular weight is 681 g/mol. The van der Waals surface area contributed by atoms with Gasteiger partial charge in [0.25, 0.3) is 0 Å². The molecule has 4 fully saturated rings. The lowest BCUT2D eigenvalue weighted by atomic mass is 9.45. The van der Waals surface area contributed by atoms with Crippen LogP contribution in [0.1, 0.15) is 83.9 Å². The molecule has 1 aliphatic heterocycles. The minimum atomic E-state index is -0.500. The molecular weight excluding hydrogens is 619 g/mol. The smallest absolute Gasteiger partial charge is 0.240 e. The van der Waals surface area contributed by atoms with Gasteiger partial charge in [0.15, 0.2) is 0 Å². The standard InChI is InChI=1S/C40H61FN4O4/c1-9-31-37(24-46)49-45(38(31)39(48)42-35-19-29-18-33(26(35)4)40(29,5)6)21-28-13-10-12-27(17-28)20-44(30(16-25(2)3)22-43(7)8)23-32-34(41)14-11-15-36(32)47/h10-15,17,25-26,29-31,33,35,37-38,46-47H,9,16,18-24H2,1-8H3,(H,42,48)/t26-,29+,30-,31+,33-,35-,37-,38-/m0/s1. The Hall–Kier alpha value is -2.56. The van der Waals surface area contributed by atoms with E-state index in [1.165, 1.54) is 18.6 Å². The van der Waals surface area contributed by atoms with Crippen LogP contribution in [0.25, 0.3) is 0 Å². The van der Waals surface area contributed by atoms with Crippen LogP contribution in [0.5, 0.6) is 5.75 Å². The Kier molecular flexibility index (Phi) is 12.1. The molecule has 0 radical (unpaired) electrons. The molecule has 3 N–H and O–H groups in total. The van der Waals surface area contributed by atoms with Gasteiger partial charge in [-0.1, -0.05) is 71.9 Å². The first-order valence-corrected chi connectivity index (χ1v) is 18.5. The average Bonchev–Trinajstić information content (AvgIpc) is 3.39. The Morgan fingerprint density at radius 3 is 2.45 bits per heavy atom. The summed E-state index contributed by atoms with van der Waals surface area (Å²) in [6.45, 7) is 15.4. The summed E-state index contributed by atoms with van der Waals surface area (Å²) < 4.78 is 15.0. The Bertz CT molecular complexity index is 1390. The maximum Gasteiger partial charge on any atom is 0.240 e. The zero-order chi connectivity index (χ0) is 35.6. The lowest BCUT2D eigenvalue weighted by Gasteiger charge is -2.62. The van der Waals surface area contributed by atoms with Crippen LogP contribution in [0.4, 0.5) is 4.39 Å². The molecule has 0 spiro atoms. The van der Waals surface area contributed by atoms with Crippen molar-refractivity contribution in [3.8, 4) is 5.75 Å². The highest BCUT2D eigenvalue weighted by Gasteiger charge is 2.57. The van der Waals surface area contributed by atoms with Crippen molar-refractivity contribution in [2.75, 3.05) is 27.2 Å². The van der Waals surface area contributed by atoms with Crippen molar-refractivity contribution in [2.24, 2.45) is 35.0 Å². The number of amides is 1. The van der Waals surface area contributed by atoms with E-state index in [2.05, 4.69) is 82.9 Å². The van der Waals surface area contributed by atoms with Crippen LogP contribution in [-0.4, -0.2) is 82.5 Å². The minimum Gasteiger partial charge on any atom is -0.508 e. The van der Waals surface area contributed by atoms with Crippen molar-refractivity contribution < 1.29 is 24.2 Å². The second-order valence-electron chi connectivity index (χ2n) is 16.5. The van der Waals surface area contributed by atoms with Crippen molar-refractivity contribution in [1.29, 1.82) is 0 Å². The second kappa shape index (κ2) is 15.8. The van der Waals surface area contributed by atoms with E-state index in [-0.39, 0.29) is 42.8 Å². The number of carbonyl (C=O) groups excluding carboxylic acids is 1. The Balaban J connectivity index is 1.36. The zero-order valence-electron chi connectivity index (χ0n) is 31.0. The largest absolute Gasteiger partial charge is 0.508 e. The van der Waals surface area contributed by atoms with E-state index < -0.39 is 18.0 Å². The number of hydroxylamine groups is 2. The van der Waals surface area contributed by atoms with Gasteiger partial charge < -0.3 is 20.4 Å². The van der Waals surface area contributed by atoms with Crippen molar-refractivity contribution in [1.82, 2.24) is 20.2 Å². The fourth-order valence-electron chi connectivity index (χ4n) is 9.23. The number of aromatic hydroxyl groups is 1. The van der Waals surface area contributed by atoms with Gasteiger partial charge in [-0.3, -0.25) is 14.5 Å². The number of hydrogen-bond donors (Lipinski definition) is 3. The fourth-order valence-corrected chi connectivity index (χ4v) is 9.23. The molecule has 6 rings (SSSR count). The van der Waals surface area contributed by atoms with E-state index in [1.807, 2.05) is 12.1 Å². The molecule has 9 heteroatoms. The maximum atomic E-state index is 15.0. The molecule has 3 saturated carbocycles. The van der Waals surface area contributed by atoms with Gasteiger partial charge >= 0.3 is 0 Å². The summed E-state index contributed by atoms with van der Waals surface area (Å²) in [6, 6.07) is 12.6. The summed E-state index contributed by atoms with van der Waals surface area (Å²) in [7, 11) is 4.11. The number of nitrogens with one attached hydrogen (secondary N) is 1. The van der Waals surface area contributed by atoms with Gasteiger partial charge in [-0.15, -0.1) is 0 Å². The van der Waals surface area contributed by atoms with Crippen LogP contribution in [0.15, 0.2) is 42.5 Å². The number of nitrogens with zero attached hydrogens (tertiary/aromatic N) is 3. The zero-order valence-corrected chi connectivity index (χ0v) is 31.0. The highest BCUT2D eigenvalue weighted by atomic mass is 19.1. The molecule has 1 saturated heterocycles. The first kappa shape index (κ1) is 37.7. The van der Waals surface area contributed by atoms with Crippen LogP contribution >= 0.6 is 0 Å². The van der Waals surface area contributed by atoms with Gasteiger partial charge in [0.05, 0.1) is 13.2 Å². The Morgan fingerprint density at radius 2 is 1.84 bits per heavy atom. The highest BCUT2D eigenvalue weighted by molar-refractivity contribution is 5.82. The summed E-state index contributed by atoms with van der Waals surface area (Å²) in [5.74, 6) is 1.56. The molecule has 0 unspecified atom stereocenters. The van der Waals surface area contributed by atoms with E-state index in [4.69, 9.17) is 4.84 Å². The molecule has 272 valence electrons. The number of aliphatic hydroxyl groups excluding tert-OH is 1. The van der Waals surface area contributed by atoms with Gasteiger partial charge in [0, 0.05) is 43.2 Å². The van der Waals surface area contributed by atoms with E-state index in [1.54, 1.807) is 11.1 Å². The lowest BCUT2D eigenvalue weighted by molar-refractivity contribution is -0.183. The SMILES string of the molecule is CC[C@@H]1[C@H](CO)ON(Cc2cccc(CN(Cc3c(O)cccc3F)[C@@H](CC(C)C)CN(C)C)c2)[C@@H]1C(=O)N[C@H]1C[C@H]2C[C@@H]([C@@H]1C)C2(C)C. The third kappa shape index (κ3) is 8.33. The third-order valence-corrected chi connectivity index (χ3v) is 12.1. The molecule has 2 bridgehead atoms. The molecule has 1 amide bonds. The van der Waals surface area contributed by atoms with E-state index >= 15 is 4.39 Å². The van der Waals surface area contributed by atoms with E-state index in [9.17, 15) is 15.0 Å². The predicted molar refractivity (Wildman–Crippen MR) is 192 cm³/mol. The van der Waals surface area contributed by atoms with Gasteiger partial charge in [0.1, 0.15) is 23.7 Å². The van der Waals surface area contributed by atoms with Gasteiger partial charge in [-0.05, 0) is 92.1 Å². The van der Waals surface area contributed by atoms with Crippen molar-refractivity contribution >= 4 is 5.91 Å². The second-order valence-corrected chi connectivity index (χ2v) is 16.5. The first-order valence-electron chi connectivity index (χ1n) is 18.5. The third-order valence-electron chi connectivity index (χ3n) is 12.1. The van der Waals surface area contributed by atoms with E-state index in [0.717, 1.165) is 36.9 Å². The van der Waals surface area contributed by atoms with Crippen LogP contribution < -0.4 is 5.32 Å². The normalized spacial score (nSPS) is 28.6. The van der Waals surface area contributed by atoms with Crippen LogP contribution in [0.3, 0.4) is 0 Å². The number of benzene rings is 2. The molecule has 0 aromatic heterocycles. The van der Waals surface area contributed by atoms with Crippen molar-refractivity contribution in [2.45, 2.75) is 111 Å². The first-order chi connectivity index (χ1) is 23.2. The number of likely N-dealkylation sites (N-methyl/N-ethyl adjacent to an activating group) is 1. The molecular formula is C40H61FN4O4. The summed E-state index contributed by atoms with van der Waals surface area (Å²) in [5, 5.41) is 26.1. The summed E-state index contributed by atoms with van der Waals surface area (Å²) in [5.41, 5.74) is 2.71. The minimum absolute atomic E-state index is 0.00834. The quantitative estimate of drug-likeness (QED) is 0.207. The summed E-state index contributed by atoms with van der Waals surface area (Å²) in [4.78, 5) is 24.8. The number of fused-ring (bicyclic) bond motifs is 2. The number of halogens is 1. The van der Waals surface area contributed by atoms with Crippen LogP contribution in [-0.2, 0) is 29.3 Å². The van der Waals surface area contributed by atoms with E-state index in [0.29, 0.717) is 47.7 Å². The lowest BCUT2D eigenvalue weighted by Crippen LogP contribution is -2.62. The monoisotopic (exact) mass is 680 g/mol. The maximum absolute atomic E-state index is 15.0. The number of rotatable bonds is 15. The number of phenols is 1. The Labute approximate surface area is 294 Å². The molecule has 2 aromatic rings. The van der Waals surface area contributed by atoms with Crippen molar-refractivity contribution in [3.05, 3.63) is 65.0 Å².